The van der Waals surface area contributed by atoms with Gasteiger partial charge in [0.15, 0.2) is 0 Å². The van der Waals surface area contributed by atoms with Crippen molar-refractivity contribution >= 4 is 17.5 Å². The van der Waals surface area contributed by atoms with Crippen molar-refractivity contribution in [1.82, 2.24) is 4.90 Å². The van der Waals surface area contributed by atoms with E-state index in [1.165, 1.54) is 19.3 Å². The number of hydrogen-bond donors (Lipinski definition) is 1. The van der Waals surface area contributed by atoms with Crippen molar-refractivity contribution in [3.63, 3.8) is 0 Å². The average Bonchev–Trinajstić information content (AvgIpc) is 2.49. The molecule has 21 heavy (non-hydrogen) atoms. The third kappa shape index (κ3) is 4.88. The molecule has 114 valence electrons. The lowest BCUT2D eigenvalue weighted by Crippen LogP contribution is -2.41. The van der Waals surface area contributed by atoms with Crippen LogP contribution in [0.1, 0.15) is 45.4 Å². The third-order valence-corrected chi connectivity index (χ3v) is 4.06. The average molecular weight is 288 g/mol. The zero-order chi connectivity index (χ0) is 15.1. The van der Waals surface area contributed by atoms with Crippen LogP contribution in [0.25, 0.3) is 0 Å². The maximum atomic E-state index is 12.0. The predicted molar refractivity (Wildman–Crippen MR) is 83.9 cm³/mol. The van der Waals surface area contributed by atoms with Crippen LogP contribution in [0.15, 0.2) is 30.3 Å². The minimum absolute atomic E-state index is 0.0386. The number of nitrogens with one attached hydrogen (secondary N) is 1. The lowest BCUT2D eigenvalue weighted by Gasteiger charge is -2.33. The smallest absolute Gasteiger partial charge is 0.226 e. The summed E-state index contributed by atoms with van der Waals surface area (Å²) in [5, 5.41) is 2.86. The van der Waals surface area contributed by atoms with Gasteiger partial charge in [-0.2, -0.15) is 0 Å². The number of benzene rings is 1. The summed E-state index contributed by atoms with van der Waals surface area (Å²) in [5.74, 6) is 0.0395. The molecule has 1 aromatic carbocycles. The van der Waals surface area contributed by atoms with Gasteiger partial charge in [0.05, 0.1) is 0 Å². The predicted octanol–water partition coefficient (Wildman–Crippen LogP) is 3.20. The van der Waals surface area contributed by atoms with E-state index in [2.05, 4.69) is 5.32 Å². The van der Waals surface area contributed by atoms with Crippen LogP contribution < -0.4 is 5.32 Å². The van der Waals surface area contributed by atoms with E-state index in [0.29, 0.717) is 19.0 Å². The van der Waals surface area contributed by atoms with Crippen LogP contribution in [0.5, 0.6) is 0 Å². The number of carbonyl (C=O) groups is 2. The van der Waals surface area contributed by atoms with Crippen molar-refractivity contribution in [2.45, 2.75) is 51.5 Å². The highest BCUT2D eigenvalue weighted by atomic mass is 16.2. The fourth-order valence-corrected chi connectivity index (χ4v) is 2.96. The second-order valence-electron chi connectivity index (χ2n) is 5.67. The van der Waals surface area contributed by atoms with Crippen LogP contribution in [0, 0.1) is 0 Å². The molecule has 0 spiro atoms. The molecular weight excluding hydrogens is 264 g/mol. The first-order valence-corrected chi connectivity index (χ1v) is 7.79. The third-order valence-electron chi connectivity index (χ3n) is 4.06. The van der Waals surface area contributed by atoms with Crippen LogP contribution in [-0.4, -0.2) is 29.3 Å². The largest absolute Gasteiger partial charge is 0.339 e. The maximum Gasteiger partial charge on any atom is 0.226 e. The first kappa shape index (κ1) is 15.5. The van der Waals surface area contributed by atoms with E-state index in [1.807, 2.05) is 35.2 Å². The van der Waals surface area contributed by atoms with Gasteiger partial charge in [0.25, 0.3) is 0 Å². The lowest BCUT2D eigenvalue weighted by atomic mass is 9.94. The Morgan fingerprint density at radius 2 is 1.81 bits per heavy atom. The van der Waals surface area contributed by atoms with E-state index >= 15 is 0 Å². The first-order chi connectivity index (χ1) is 10.2. The van der Waals surface area contributed by atoms with Gasteiger partial charge >= 0.3 is 0 Å². The normalized spacial score (nSPS) is 15.5. The van der Waals surface area contributed by atoms with Crippen molar-refractivity contribution in [2.75, 3.05) is 11.9 Å². The van der Waals surface area contributed by atoms with E-state index < -0.39 is 0 Å². The molecule has 0 radical (unpaired) electrons. The van der Waals surface area contributed by atoms with Gasteiger partial charge < -0.3 is 10.2 Å². The SMILES string of the molecule is CC(=O)N(CCC(=O)Nc1ccccc1)C1CCCCC1. The Kier molecular flexibility index (Phi) is 5.78. The molecule has 1 saturated carbocycles. The van der Waals surface area contributed by atoms with Crippen molar-refractivity contribution in [1.29, 1.82) is 0 Å². The Balaban J connectivity index is 1.83. The molecule has 1 aromatic rings. The van der Waals surface area contributed by atoms with E-state index in [0.717, 1.165) is 18.5 Å². The molecule has 1 aliphatic carbocycles. The number of anilines is 1. The molecule has 0 heterocycles. The molecule has 2 amide bonds. The standard InChI is InChI=1S/C17H24N2O2/c1-14(20)19(16-10-6-3-7-11-16)13-12-17(21)18-15-8-4-2-5-9-15/h2,4-5,8-9,16H,3,6-7,10-13H2,1H3,(H,18,21). The molecule has 4 heteroatoms. The summed E-state index contributed by atoms with van der Waals surface area (Å²) >= 11 is 0. The summed E-state index contributed by atoms with van der Waals surface area (Å²) in [6, 6.07) is 9.74. The van der Waals surface area contributed by atoms with E-state index in [-0.39, 0.29) is 11.8 Å². The second kappa shape index (κ2) is 7.81. The molecular formula is C17H24N2O2. The van der Waals surface area contributed by atoms with E-state index in [9.17, 15) is 9.59 Å². The topological polar surface area (TPSA) is 49.4 Å². The van der Waals surface area contributed by atoms with Crippen molar-refractivity contribution in [3.05, 3.63) is 30.3 Å². The molecule has 0 atom stereocenters. The van der Waals surface area contributed by atoms with Gasteiger partial charge in [0.2, 0.25) is 11.8 Å². The Morgan fingerprint density at radius 1 is 1.14 bits per heavy atom. The van der Waals surface area contributed by atoms with Gasteiger partial charge in [-0.3, -0.25) is 9.59 Å². The number of amides is 2. The Hall–Kier alpha value is -1.84. The quantitative estimate of drug-likeness (QED) is 0.904. The second-order valence-corrected chi connectivity index (χ2v) is 5.67. The van der Waals surface area contributed by atoms with Crippen LogP contribution in [0.4, 0.5) is 5.69 Å². The molecule has 1 fully saturated rings. The van der Waals surface area contributed by atoms with E-state index in [4.69, 9.17) is 0 Å². The summed E-state index contributed by atoms with van der Waals surface area (Å²) < 4.78 is 0. The first-order valence-electron chi connectivity index (χ1n) is 7.79. The van der Waals surface area contributed by atoms with E-state index in [1.54, 1.807) is 6.92 Å². The van der Waals surface area contributed by atoms with Crippen LogP contribution in [0.2, 0.25) is 0 Å². The summed E-state index contributed by atoms with van der Waals surface area (Å²) in [7, 11) is 0. The highest BCUT2D eigenvalue weighted by Crippen LogP contribution is 2.23. The van der Waals surface area contributed by atoms with Crippen LogP contribution >= 0.6 is 0 Å². The summed E-state index contributed by atoms with van der Waals surface area (Å²) in [5.41, 5.74) is 0.801. The molecule has 1 N–H and O–H groups in total. The van der Waals surface area contributed by atoms with Crippen LogP contribution in [0.3, 0.4) is 0 Å². The van der Waals surface area contributed by atoms with Crippen molar-refractivity contribution in [2.24, 2.45) is 0 Å². The molecule has 0 bridgehead atoms. The Bertz CT molecular complexity index is 467. The number of hydrogen-bond acceptors (Lipinski definition) is 2. The lowest BCUT2D eigenvalue weighted by molar-refractivity contribution is -0.132. The zero-order valence-corrected chi connectivity index (χ0v) is 12.7. The molecule has 0 unspecified atom stereocenters. The van der Waals surface area contributed by atoms with Gasteiger partial charge in [-0.05, 0) is 25.0 Å². The van der Waals surface area contributed by atoms with Crippen LogP contribution in [-0.2, 0) is 9.59 Å². The fourth-order valence-electron chi connectivity index (χ4n) is 2.96. The van der Waals surface area contributed by atoms with Gasteiger partial charge in [-0.25, -0.2) is 0 Å². The fraction of sp³-hybridized carbons (Fsp3) is 0.529. The monoisotopic (exact) mass is 288 g/mol. The van der Waals surface area contributed by atoms with Gasteiger partial charge in [0.1, 0.15) is 0 Å². The number of rotatable bonds is 5. The summed E-state index contributed by atoms with van der Waals surface area (Å²) in [4.78, 5) is 25.7. The van der Waals surface area contributed by atoms with Gasteiger partial charge in [-0.1, -0.05) is 37.5 Å². The molecule has 4 nitrogen and oxygen atoms in total. The van der Waals surface area contributed by atoms with Crippen molar-refractivity contribution < 1.29 is 9.59 Å². The molecule has 0 aromatic heterocycles. The summed E-state index contributed by atoms with van der Waals surface area (Å²) in [6.07, 6.45) is 6.12. The Morgan fingerprint density at radius 3 is 2.43 bits per heavy atom. The highest BCUT2D eigenvalue weighted by molar-refractivity contribution is 5.91. The molecule has 0 aliphatic heterocycles. The number of carbonyl (C=O) groups excluding carboxylic acids is 2. The highest BCUT2D eigenvalue weighted by Gasteiger charge is 2.23. The van der Waals surface area contributed by atoms with Gasteiger partial charge in [0, 0.05) is 31.6 Å². The minimum atomic E-state index is -0.0386. The van der Waals surface area contributed by atoms with Crippen molar-refractivity contribution in [3.8, 4) is 0 Å². The zero-order valence-electron chi connectivity index (χ0n) is 12.7. The minimum Gasteiger partial charge on any atom is -0.339 e. The Labute approximate surface area is 126 Å². The molecule has 0 saturated heterocycles. The maximum absolute atomic E-state index is 12.0. The number of nitrogens with zero attached hydrogens (tertiary/aromatic N) is 1. The molecule has 1 aliphatic rings. The van der Waals surface area contributed by atoms with Gasteiger partial charge in [-0.15, -0.1) is 0 Å². The molecule has 2 rings (SSSR count). The summed E-state index contributed by atoms with van der Waals surface area (Å²) in [6.45, 7) is 2.11. The number of para-hydroxylation sites is 1.